The molecule has 1 aliphatic rings. The number of hydrogen-bond donors (Lipinski definition) is 1. The summed E-state index contributed by atoms with van der Waals surface area (Å²) in [7, 11) is 0. The Morgan fingerprint density at radius 2 is 1.76 bits per heavy atom. The molecule has 0 amide bonds. The van der Waals surface area contributed by atoms with Gasteiger partial charge in [-0.3, -0.25) is 0 Å². The summed E-state index contributed by atoms with van der Waals surface area (Å²) in [6.45, 7) is 0. The van der Waals surface area contributed by atoms with Crippen LogP contribution in [0.4, 0.5) is 17.6 Å². The monoisotopic (exact) mass is 301 g/mol. The Labute approximate surface area is 121 Å². The van der Waals surface area contributed by atoms with Crippen molar-refractivity contribution in [1.29, 1.82) is 0 Å². The molecule has 1 nitrogen and oxygen atoms in total. The molecule has 1 unspecified atom stereocenters. The zero-order valence-corrected chi connectivity index (χ0v) is 11.7. The van der Waals surface area contributed by atoms with Crippen molar-refractivity contribution in [2.45, 2.75) is 50.7 Å². The van der Waals surface area contributed by atoms with Gasteiger partial charge in [0.15, 0.2) is 0 Å². The lowest BCUT2D eigenvalue weighted by Gasteiger charge is -2.20. The van der Waals surface area contributed by atoms with Crippen LogP contribution in [0.1, 0.15) is 55.7 Å². The van der Waals surface area contributed by atoms with Crippen LogP contribution in [0, 0.1) is 5.82 Å². The molecule has 1 atom stereocenters. The first-order valence-electron chi connectivity index (χ1n) is 7.21. The summed E-state index contributed by atoms with van der Waals surface area (Å²) < 4.78 is 51.6. The average molecular weight is 301 g/mol. The van der Waals surface area contributed by atoms with Gasteiger partial charge >= 0.3 is 6.18 Å². The third-order valence-electron chi connectivity index (χ3n) is 3.88. The number of hydrogen-bond acceptors (Lipinski definition) is 1. The van der Waals surface area contributed by atoms with E-state index in [-0.39, 0.29) is 0 Å². The van der Waals surface area contributed by atoms with E-state index < -0.39 is 23.6 Å². The molecular weight excluding hydrogens is 282 g/mol. The second-order valence-corrected chi connectivity index (χ2v) is 5.45. The maximum Gasteiger partial charge on any atom is 0.419 e. The predicted octanol–water partition coefficient (Wildman–Crippen LogP) is 5.12. The molecule has 2 rings (SSSR count). The number of nitrogens with two attached hydrogens (primary N) is 1. The summed E-state index contributed by atoms with van der Waals surface area (Å²) >= 11 is 0. The number of halogens is 4. The van der Waals surface area contributed by atoms with Crippen LogP contribution in [0.5, 0.6) is 0 Å². The SMILES string of the molecule is NC(/C1=C/CCCCCC1)c1ccc(F)c(C(F)(F)F)c1. The van der Waals surface area contributed by atoms with Crippen molar-refractivity contribution in [3.63, 3.8) is 0 Å². The molecule has 0 aliphatic heterocycles. The number of benzene rings is 1. The number of rotatable bonds is 2. The van der Waals surface area contributed by atoms with E-state index >= 15 is 0 Å². The van der Waals surface area contributed by atoms with Crippen molar-refractivity contribution >= 4 is 0 Å². The zero-order chi connectivity index (χ0) is 15.5. The molecule has 1 aliphatic carbocycles. The molecule has 0 radical (unpaired) electrons. The third kappa shape index (κ3) is 4.06. The average Bonchev–Trinajstić information content (AvgIpc) is 2.36. The van der Waals surface area contributed by atoms with Crippen molar-refractivity contribution in [3.8, 4) is 0 Å². The van der Waals surface area contributed by atoms with Gasteiger partial charge in [0.1, 0.15) is 5.82 Å². The lowest BCUT2D eigenvalue weighted by atomic mass is 9.91. The van der Waals surface area contributed by atoms with Gasteiger partial charge in [0, 0.05) is 0 Å². The summed E-state index contributed by atoms with van der Waals surface area (Å²) in [5, 5.41) is 0. The van der Waals surface area contributed by atoms with E-state index in [1.165, 1.54) is 12.5 Å². The van der Waals surface area contributed by atoms with Crippen molar-refractivity contribution in [2.75, 3.05) is 0 Å². The molecule has 21 heavy (non-hydrogen) atoms. The Hall–Kier alpha value is -1.36. The first-order valence-corrected chi connectivity index (χ1v) is 7.21. The molecule has 2 N–H and O–H groups in total. The summed E-state index contributed by atoms with van der Waals surface area (Å²) in [5.74, 6) is -1.26. The smallest absolute Gasteiger partial charge is 0.321 e. The van der Waals surface area contributed by atoms with Gasteiger partial charge in [-0.1, -0.05) is 30.6 Å². The highest BCUT2D eigenvalue weighted by Gasteiger charge is 2.34. The molecule has 0 heterocycles. The minimum atomic E-state index is -4.70. The molecule has 0 bridgehead atoms. The van der Waals surface area contributed by atoms with E-state index in [4.69, 9.17) is 5.73 Å². The molecule has 1 aromatic carbocycles. The second-order valence-electron chi connectivity index (χ2n) is 5.45. The van der Waals surface area contributed by atoms with Crippen LogP contribution in [0.25, 0.3) is 0 Å². The Bertz CT molecular complexity index is 519. The normalized spacial score (nSPS) is 21.1. The fraction of sp³-hybridized carbons (Fsp3) is 0.500. The first kappa shape index (κ1) is 16.0. The van der Waals surface area contributed by atoms with E-state index in [1.54, 1.807) is 0 Å². The van der Waals surface area contributed by atoms with Crippen molar-refractivity contribution in [2.24, 2.45) is 5.73 Å². The maximum absolute atomic E-state index is 13.3. The molecule has 116 valence electrons. The molecule has 0 saturated heterocycles. The highest BCUT2D eigenvalue weighted by Crippen LogP contribution is 2.34. The Morgan fingerprint density at radius 3 is 2.48 bits per heavy atom. The van der Waals surface area contributed by atoms with Crippen LogP contribution < -0.4 is 5.73 Å². The van der Waals surface area contributed by atoms with Gasteiger partial charge in [-0.25, -0.2) is 4.39 Å². The Kier molecular flexibility index (Phi) is 5.04. The second kappa shape index (κ2) is 6.60. The Balaban J connectivity index is 2.28. The van der Waals surface area contributed by atoms with Gasteiger partial charge < -0.3 is 5.73 Å². The predicted molar refractivity (Wildman–Crippen MR) is 74.1 cm³/mol. The molecule has 0 saturated carbocycles. The van der Waals surface area contributed by atoms with E-state index in [0.29, 0.717) is 5.56 Å². The molecular formula is C16H19F4N. The van der Waals surface area contributed by atoms with Crippen LogP contribution in [0.2, 0.25) is 0 Å². The van der Waals surface area contributed by atoms with Gasteiger partial charge in [0.25, 0.3) is 0 Å². The van der Waals surface area contributed by atoms with Crippen LogP contribution in [-0.4, -0.2) is 0 Å². The third-order valence-corrected chi connectivity index (χ3v) is 3.88. The van der Waals surface area contributed by atoms with E-state index in [1.807, 2.05) is 6.08 Å². The summed E-state index contributed by atoms with van der Waals surface area (Å²) in [6, 6.07) is 2.43. The summed E-state index contributed by atoms with van der Waals surface area (Å²) in [4.78, 5) is 0. The molecule has 0 aromatic heterocycles. The standard InChI is InChI=1S/C16H19F4N/c17-14-9-8-12(10-13(14)16(18,19)20)15(21)11-6-4-2-1-3-5-7-11/h6,8-10,15H,1-5,7,21H2/b11-6+. The lowest BCUT2D eigenvalue weighted by Crippen LogP contribution is -2.16. The summed E-state index contributed by atoms with van der Waals surface area (Å²) in [5.41, 5.74) is 6.11. The highest BCUT2D eigenvalue weighted by atomic mass is 19.4. The van der Waals surface area contributed by atoms with Crippen molar-refractivity contribution in [1.82, 2.24) is 0 Å². The molecule has 0 spiro atoms. The fourth-order valence-corrected chi connectivity index (χ4v) is 2.67. The van der Waals surface area contributed by atoms with Gasteiger partial charge in [-0.15, -0.1) is 0 Å². The molecule has 5 heteroatoms. The minimum Gasteiger partial charge on any atom is -0.321 e. The minimum absolute atomic E-state index is 0.315. The van der Waals surface area contributed by atoms with Gasteiger partial charge in [0.2, 0.25) is 0 Å². The zero-order valence-electron chi connectivity index (χ0n) is 11.7. The van der Waals surface area contributed by atoms with E-state index in [0.717, 1.165) is 49.8 Å². The number of allylic oxidation sites excluding steroid dienone is 1. The summed E-state index contributed by atoms with van der Waals surface area (Å²) in [6.07, 6.45) is 3.38. The fourth-order valence-electron chi connectivity index (χ4n) is 2.67. The molecule has 0 fully saturated rings. The van der Waals surface area contributed by atoms with Gasteiger partial charge in [-0.2, -0.15) is 13.2 Å². The number of alkyl halides is 3. The highest BCUT2D eigenvalue weighted by molar-refractivity contribution is 5.33. The van der Waals surface area contributed by atoms with Crippen LogP contribution in [0.3, 0.4) is 0 Å². The quantitative estimate of drug-likeness (QED) is 0.595. The first-order chi connectivity index (χ1) is 9.89. The van der Waals surface area contributed by atoms with Gasteiger partial charge in [-0.05, 0) is 43.4 Å². The van der Waals surface area contributed by atoms with Gasteiger partial charge in [0.05, 0.1) is 11.6 Å². The van der Waals surface area contributed by atoms with Crippen LogP contribution in [0.15, 0.2) is 29.8 Å². The van der Waals surface area contributed by atoms with Crippen molar-refractivity contribution in [3.05, 3.63) is 46.8 Å². The van der Waals surface area contributed by atoms with Crippen LogP contribution >= 0.6 is 0 Å². The van der Waals surface area contributed by atoms with E-state index in [9.17, 15) is 17.6 Å². The topological polar surface area (TPSA) is 26.0 Å². The van der Waals surface area contributed by atoms with E-state index in [2.05, 4.69) is 0 Å². The van der Waals surface area contributed by atoms with Crippen LogP contribution in [-0.2, 0) is 6.18 Å². The van der Waals surface area contributed by atoms with Crippen molar-refractivity contribution < 1.29 is 17.6 Å². The lowest BCUT2D eigenvalue weighted by molar-refractivity contribution is -0.140. The molecule has 1 aromatic rings. The Morgan fingerprint density at radius 1 is 1.05 bits per heavy atom. The largest absolute Gasteiger partial charge is 0.419 e. The maximum atomic E-state index is 13.3.